The molecular weight excluding hydrogens is 344 g/mol. The maximum atomic E-state index is 13.2. The molecule has 0 aromatic carbocycles. The second-order valence-corrected chi connectivity index (χ2v) is 8.88. The molecule has 1 aromatic heterocycles. The van der Waals surface area contributed by atoms with Crippen molar-refractivity contribution in [1.29, 1.82) is 0 Å². The number of aromatic nitrogens is 2. The number of nitrogens with zero attached hydrogens (tertiary/aromatic N) is 4. The fourth-order valence-corrected chi connectivity index (χ4v) is 4.62. The van der Waals surface area contributed by atoms with E-state index < -0.39 is 17.4 Å². The number of fused-ring (bicyclic) bond motifs is 1. The van der Waals surface area contributed by atoms with Crippen LogP contribution in [0.1, 0.15) is 27.2 Å². The van der Waals surface area contributed by atoms with Crippen molar-refractivity contribution < 1.29 is 14.3 Å². The molecule has 7 heteroatoms. The molecule has 3 aliphatic heterocycles. The summed E-state index contributed by atoms with van der Waals surface area (Å²) in [5.74, 6) is -0.796. The van der Waals surface area contributed by atoms with E-state index in [2.05, 4.69) is 5.10 Å². The van der Waals surface area contributed by atoms with Crippen molar-refractivity contribution in [2.45, 2.75) is 51.0 Å². The molecule has 2 fully saturated rings. The fraction of sp³-hybridized carbons (Fsp3) is 0.650. The normalized spacial score (nSPS) is 31.6. The average molecular weight is 372 g/mol. The Labute approximate surface area is 159 Å². The van der Waals surface area contributed by atoms with Gasteiger partial charge < -0.3 is 14.5 Å². The second kappa shape index (κ2) is 6.19. The molecule has 4 rings (SSSR count). The lowest BCUT2D eigenvalue weighted by molar-refractivity contribution is -0.144. The van der Waals surface area contributed by atoms with Gasteiger partial charge in [0.15, 0.2) is 0 Å². The maximum absolute atomic E-state index is 13.2. The first kappa shape index (κ1) is 18.2. The first-order valence-electron chi connectivity index (χ1n) is 9.64. The third kappa shape index (κ3) is 2.88. The van der Waals surface area contributed by atoms with Crippen LogP contribution in [0.5, 0.6) is 0 Å². The fourth-order valence-electron chi connectivity index (χ4n) is 4.62. The number of aryl methyl sites for hydroxylation is 1. The summed E-state index contributed by atoms with van der Waals surface area (Å²) in [5.41, 5.74) is -0.917. The first-order chi connectivity index (χ1) is 12.7. The van der Waals surface area contributed by atoms with Crippen molar-refractivity contribution in [2.75, 3.05) is 20.1 Å². The Morgan fingerprint density at radius 1 is 1.44 bits per heavy atom. The molecule has 4 atom stereocenters. The topological polar surface area (TPSA) is 67.7 Å². The standard InChI is InChI=1S/C20H28N4O3/c1-19(2,3)24-13-20-8-7-14(27-20)15(16(20)18(24)26)17(25)22(4)10-6-12-23-11-5-9-21-23/h5,7-9,11,14-16H,6,10,12-13H2,1-4H3/t14-,15-,16-,20-/m0/s1. The third-order valence-corrected chi connectivity index (χ3v) is 6.01. The number of ether oxygens (including phenoxy) is 1. The van der Waals surface area contributed by atoms with Gasteiger partial charge in [-0.15, -0.1) is 0 Å². The van der Waals surface area contributed by atoms with Crippen LogP contribution in [0.4, 0.5) is 0 Å². The summed E-state index contributed by atoms with van der Waals surface area (Å²) in [6.45, 7) is 7.99. The summed E-state index contributed by atoms with van der Waals surface area (Å²) in [6, 6.07) is 1.89. The SMILES string of the molecule is CN(CCCn1cccn1)C(=O)[C@H]1[C@@H]2C=C[C@@]3(CN(C(C)(C)C)C(=O)[C@H]13)O2. The Bertz CT molecular complexity index is 767. The molecule has 2 amide bonds. The lowest BCUT2D eigenvalue weighted by Crippen LogP contribution is -2.47. The zero-order chi connectivity index (χ0) is 19.4. The van der Waals surface area contributed by atoms with E-state index in [1.165, 1.54) is 0 Å². The van der Waals surface area contributed by atoms with E-state index in [1.54, 1.807) is 11.1 Å². The Balaban J connectivity index is 1.46. The van der Waals surface area contributed by atoms with Crippen LogP contribution in [-0.4, -0.2) is 68.8 Å². The molecular formula is C20H28N4O3. The summed E-state index contributed by atoms with van der Waals surface area (Å²) < 4.78 is 8.05. The van der Waals surface area contributed by atoms with Crippen LogP contribution in [0.25, 0.3) is 0 Å². The van der Waals surface area contributed by atoms with Gasteiger partial charge in [0.1, 0.15) is 5.60 Å². The molecule has 27 heavy (non-hydrogen) atoms. The molecule has 0 unspecified atom stereocenters. The maximum Gasteiger partial charge on any atom is 0.230 e. The molecule has 2 saturated heterocycles. The predicted octanol–water partition coefficient (Wildman–Crippen LogP) is 1.31. The highest BCUT2D eigenvalue weighted by molar-refractivity contribution is 5.93. The quantitative estimate of drug-likeness (QED) is 0.731. The molecule has 1 aromatic rings. The highest BCUT2D eigenvalue weighted by atomic mass is 16.5. The Morgan fingerprint density at radius 2 is 2.22 bits per heavy atom. The van der Waals surface area contributed by atoms with Gasteiger partial charge in [-0.25, -0.2) is 0 Å². The van der Waals surface area contributed by atoms with Crippen LogP contribution in [0.15, 0.2) is 30.6 Å². The molecule has 146 valence electrons. The van der Waals surface area contributed by atoms with Gasteiger partial charge in [-0.3, -0.25) is 14.3 Å². The molecule has 7 nitrogen and oxygen atoms in total. The van der Waals surface area contributed by atoms with Crippen LogP contribution >= 0.6 is 0 Å². The van der Waals surface area contributed by atoms with Crippen molar-refractivity contribution in [1.82, 2.24) is 19.6 Å². The number of hydrogen-bond acceptors (Lipinski definition) is 4. The molecule has 1 spiro atoms. The van der Waals surface area contributed by atoms with Gasteiger partial charge in [-0.1, -0.05) is 12.2 Å². The number of carbonyl (C=O) groups excluding carboxylic acids is 2. The van der Waals surface area contributed by atoms with E-state index in [9.17, 15) is 9.59 Å². The van der Waals surface area contributed by atoms with Gasteiger partial charge in [0.25, 0.3) is 0 Å². The van der Waals surface area contributed by atoms with Crippen LogP contribution < -0.4 is 0 Å². The van der Waals surface area contributed by atoms with Crippen molar-refractivity contribution in [2.24, 2.45) is 11.8 Å². The van der Waals surface area contributed by atoms with E-state index in [4.69, 9.17) is 4.74 Å². The van der Waals surface area contributed by atoms with E-state index in [0.717, 1.165) is 13.0 Å². The Morgan fingerprint density at radius 3 is 2.89 bits per heavy atom. The predicted molar refractivity (Wildman–Crippen MR) is 99.7 cm³/mol. The zero-order valence-electron chi connectivity index (χ0n) is 16.5. The zero-order valence-corrected chi connectivity index (χ0v) is 16.5. The number of carbonyl (C=O) groups is 2. The van der Waals surface area contributed by atoms with Crippen molar-refractivity contribution in [3.63, 3.8) is 0 Å². The molecule has 3 aliphatic rings. The van der Waals surface area contributed by atoms with Crippen LogP contribution in [-0.2, 0) is 20.9 Å². The van der Waals surface area contributed by atoms with Gasteiger partial charge in [-0.05, 0) is 33.3 Å². The van der Waals surface area contributed by atoms with Crippen LogP contribution in [0.2, 0.25) is 0 Å². The molecule has 0 radical (unpaired) electrons. The first-order valence-corrected chi connectivity index (χ1v) is 9.64. The molecule has 2 bridgehead atoms. The molecule has 0 saturated carbocycles. The minimum Gasteiger partial charge on any atom is -0.360 e. The summed E-state index contributed by atoms with van der Waals surface area (Å²) in [5, 5.41) is 4.18. The van der Waals surface area contributed by atoms with E-state index in [-0.39, 0.29) is 23.5 Å². The molecule has 4 heterocycles. The lowest BCUT2D eigenvalue weighted by Gasteiger charge is -2.34. The average Bonchev–Trinajstić information content (AvgIpc) is 3.35. The minimum absolute atomic E-state index is 0.000740. The van der Waals surface area contributed by atoms with Crippen molar-refractivity contribution in [3.05, 3.63) is 30.6 Å². The van der Waals surface area contributed by atoms with Crippen molar-refractivity contribution >= 4 is 11.8 Å². The highest BCUT2D eigenvalue weighted by Crippen LogP contribution is 2.53. The Kier molecular flexibility index (Phi) is 4.18. The number of likely N-dealkylation sites (tertiary alicyclic amines) is 1. The summed E-state index contributed by atoms with van der Waals surface area (Å²) in [6.07, 6.45) is 8.17. The number of amides is 2. The van der Waals surface area contributed by atoms with Gasteiger partial charge in [0.2, 0.25) is 11.8 Å². The highest BCUT2D eigenvalue weighted by Gasteiger charge is 2.68. The molecule has 0 aliphatic carbocycles. The smallest absolute Gasteiger partial charge is 0.230 e. The van der Waals surface area contributed by atoms with E-state index in [1.807, 2.05) is 61.8 Å². The summed E-state index contributed by atoms with van der Waals surface area (Å²) in [7, 11) is 1.81. The second-order valence-electron chi connectivity index (χ2n) is 8.88. The number of rotatable bonds is 5. The van der Waals surface area contributed by atoms with E-state index in [0.29, 0.717) is 13.1 Å². The van der Waals surface area contributed by atoms with Gasteiger partial charge in [0.05, 0.1) is 24.5 Å². The number of hydrogen-bond donors (Lipinski definition) is 0. The van der Waals surface area contributed by atoms with Gasteiger partial charge >= 0.3 is 0 Å². The van der Waals surface area contributed by atoms with E-state index >= 15 is 0 Å². The third-order valence-electron chi connectivity index (χ3n) is 6.01. The molecule has 0 N–H and O–H groups in total. The van der Waals surface area contributed by atoms with Gasteiger partial charge in [-0.2, -0.15) is 5.10 Å². The van der Waals surface area contributed by atoms with Gasteiger partial charge in [0, 0.05) is 38.1 Å². The van der Waals surface area contributed by atoms with Crippen LogP contribution in [0, 0.1) is 11.8 Å². The lowest BCUT2D eigenvalue weighted by atomic mass is 9.76. The minimum atomic E-state index is -0.634. The Hall–Kier alpha value is -2.15. The van der Waals surface area contributed by atoms with Crippen LogP contribution in [0.3, 0.4) is 0 Å². The summed E-state index contributed by atoms with van der Waals surface area (Å²) in [4.78, 5) is 29.9. The summed E-state index contributed by atoms with van der Waals surface area (Å²) >= 11 is 0. The van der Waals surface area contributed by atoms with Crippen molar-refractivity contribution in [3.8, 4) is 0 Å². The largest absolute Gasteiger partial charge is 0.360 e. The monoisotopic (exact) mass is 372 g/mol.